The van der Waals surface area contributed by atoms with E-state index in [0.29, 0.717) is 5.25 Å². The van der Waals surface area contributed by atoms with Gasteiger partial charge in [0.15, 0.2) is 5.75 Å². The van der Waals surface area contributed by atoms with Gasteiger partial charge in [-0.05, 0) is 31.9 Å². The van der Waals surface area contributed by atoms with Gasteiger partial charge in [-0.2, -0.15) is 17.0 Å². The molecule has 0 heterocycles. The van der Waals surface area contributed by atoms with Gasteiger partial charge in [0.05, 0.1) is 6.07 Å². The van der Waals surface area contributed by atoms with Gasteiger partial charge >= 0.3 is 0 Å². The van der Waals surface area contributed by atoms with Gasteiger partial charge in [0.2, 0.25) is 10.0 Å². The predicted molar refractivity (Wildman–Crippen MR) is 62.1 cm³/mol. The van der Waals surface area contributed by atoms with E-state index in [2.05, 4.69) is 11.0 Å². The van der Waals surface area contributed by atoms with E-state index < -0.39 is 15.8 Å². The maximum Gasteiger partial charge on any atom is 0.225 e. The second kappa shape index (κ2) is 5.73. The molecule has 0 aliphatic heterocycles. The van der Waals surface area contributed by atoms with Crippen LogP contribution in [0.3, 0.4) is 0 Å². The second-order valence-electron chi connectivity index (χ2n) is 3.74. The molecular weight excluding hydrogens is 232 g/mol. The first-order valence-corrected chi connectivity index (χ1v) is 7.91. The highest BCUT2D eigenvalue weighted by Gasteiger charge is 2.23. The highest BCUT2D eigenvalue weighted by atomic mass is 32.2. The second-order valence-corrected chi connectivity index (χ2v) is 6.64. The van der Waals surface area contributed by atoms with Gasteiger partial charge in [-0.1, -0.05) is 0 Å². The number of nitrogens with zero attached hydrogens (tertiary/aromatic N) is 1. The largest absolute Gasteiger partial charge is 0.225 e. The van der Waals surface area contributed by atoms with Crippen molar-refractivity contribution >= 4 is 21.8 Å². The molecule has 6 heteroatoms. The zero-order chi connectivity index (χ0) is 11.3. The van der Waals surface area contributed by atoms with Crippen LogP contribution < -0.4 is 4.72 Å². The normalized spacial score (nSPS) is 27.2. The molecule has 1 N–H and O–H groups in total. The molecule has 0 aromatic carbocycles. The van der Waals surface area contributed by atoms with E-state index in [1.54, 1.807) is 6.07 Å². The van der Waals surface area contributed by atoms with Gasteiger partial charge in [-0.15, -0.1) is 0 Å². The molecular formula is C9H16N2O2S2. The fraction of sp³-hybridized carbons (Fsp3) is 0.889. The average Bonchev–Trinajstić information content (AvgIpc) is 2.18. The van der Waals surface area contributed by atoms with Gasteiger partial charge in [-0.25, -0.2) is 13.1 Å². The van der Waals surface area contributed by atoms with Crippen LogP contribution in [0.25, 0.3) is 0 Å². The molecule has 0 radical (unpaired) electrons. The number of hydrogen-bond acceptors (Lipinski definition) is 4. The average molecular weight is 248 g/mol. The summed E-state index contributed by atoms with van der Waals surface area (Å²) in [5.74, 6) is -0.435. The molecule has 86 valence electrons. The fourth-order valence-electron chi connectivity index (χ4n) is 1.80. The van der Waals surface area contributed by atoms with Crippen molar-refractivity contribution in [2.45, 2.75) is 37.0 Å². The molecule has 0 bridgehead atoms. The van der Waals surface area contributed by atoms with Crippen molar-refractivity contribution in [1.29, 1.82) is 5.26 Å². The Morgan fingerprint density at radius 3 is 2.47 bits per heavy atom. The molecule has 0 saturated heterocycles. The van der Waals surface area contributed by atoms with Gasteiger partial charge in [-0.3, -0.25) is 0 Å². The van der Waals surface area contributed by atoms with E-state index in [9.17, 15) is 8.42 Å². The maximum atomic E-state index is 11.3. The molecule has 15 heavy (non-hydrogen) atoms. The van der Waals surface area contributed by atoms with Crippen molar-refractivity contribution in [2.75, 3.05) is 12.0 Å². The third-order valence-corrected chi connectivity index (χ3v) is 4.95. The standard InChI is InChI=1S/C9H16N2O2S2/c1-14-9-4-2-8(3-5-9)11-15(12,13)7-6-10/h8-9,11H,2-5,7H2,1H3. The summed E-state index contributed by atoms with van der Waals surface area (Å²) >= 11 is 1.85. The Morgan fingerprint density at radius 2 is 2.00 bits per heavy atom. The predicted octanol–water partition coefficient (Wildman–Crippen LogP) is 1.10. The van der Waals surface area contributed by atoms with Gasteiger partial charge in [0.1, 0.15) is 0 Å². The molecule has 1 rings (SSSR count). The monoisotopic (exact) mass is 248 g/mol. The number of hydrogen-bond donors (Lipinski definition) is 1. The zero-order valence-corrected chi connectivity index (χ0v) is 10.4. The SMILES string of the molecule is CSC1CCC(NS(=O)(=O)CC#N)CC1. The third kappa shape index (κ3) is 4.41. The molecule has 4 nitrogen and oxygen atoms in total. The summed E-state index contributed by atoms with van der Waals surface area (Å²) in [5.41, 5.74) is 0. The van der Waals surface area contributed by atoms with Crippen molar-refractivity contribution in [3.8, 4) is 6.07 Å². The molecule has 1 saturated carbocycles. The Balaban J connectivity index is 2.39. The Hall–Kier alpha value is -0.250. The molecule has 1 fully saturated rings. The first kappa shape index (κ1) is 12.8. The first-order valence-electron chi connectivity index (χ1n) is 4.97. The lowest BCUT2D eigenvalue weighted by molar-refractivity contribution is 0.420. The summed E-state index contributed by atoms with van der Waals surface area (Å²) in [5, 5.41) is 9.01. The lowest BCUT2D eigenvalue weighted by Gasteiger charge is -2.27. The van der Waals surface area contributed by atoms with E-state index in [0.717, 1.165) is 25.7 Å². The maximum absolute atomic E-state index is 11.3. The summed E-state index contributed by atoms with van der Waals surface area (Å²) in [6.07, 6.45) is 5.97. The minimum absolute atomic E-state index is 0.0340. The van der Waals surface area contributed by atoms with Crippen LogP contribution in [0.4, 0.5) is 0 Å². The zero-order valence-electron chi connectivity index (χ0n) is 8.77. The van der Waals surface area contributed by atoms with Crippen LogP contribution in [-0.2, 0) is 10.0 Å². The first-order chi connectivity index (χ1) is 7.07. The molecule has 0 unspecified atom stereocenters. The minimum atomic E-state index is -3.37. The van der Waals surface area contributed by atoms with E-state index in [1.165, 1.54) is 0 Å². The Kier molecular flexibility index (Phi) is 4.90. The molecule has 0 amide bonds. The number of nitrogens with one attached hydrogen (secondary N) is 1. The number of sulfonamides is 1. The molecule has 0 aromatic heterocycles. The number of thioether (sulfide) groups is 1. The van der Waals surface area contributed by atoms with Crippen LogP contribution in [0.15, 0.2) is 0 Å². The van der Waals surface area contributed by atoms with E-state index in [4.69, 9.17) is 5.26 Å². The van der Waals surface area contributed by atoms with Crippen molar-refractivity contribution in [2.24, 2.45) is 0 Å². The highest BCUT2D eigenvalue weighted by molar-refractivity contribution is 7.99. The van der Waals surface area contributed by atoms with Crippen LogP contribution >= 0.6 is 11.8 Å². The number of nitriles is 1. The smallest absolute Gasteiger partial charge is 0.211 e. The van der Waals surface area contributed by atoms with E-state index >= 15 is 0 Å². The van der Waals surface area contributed by atoms with Crippen molar-refractivity contribution in [3.05, 3.63) is 0 Å². The molecule has 1 aliphatic rings. The Labute approximate surface area is 95.5 Å². The van der Waals surface area contributed by atoms with Gasteiger partial charge in [0.25, 0.3) is 0 Å². The van der Waals surface area contributed by atoms with Crippen LogP contribution in [0, 0.1) is 11.3 Å². The van der Waals surface area contributed by atoms with Crippen molar-refractivity contribution in [1.82, 2.24) is 4.72 Å². The van der Waals surface area contributed by atoms with Crippen molar-refractivity contribution in [3.63, 3.8) is 0 Å². The van der Waals surface area contributed by atoms with Crippen molar-refractivity contribution < 1.29 is 8.42 Å². The van der Waals surface area contributed by atoms with Crippen LogP contribution in [-0.4, -0.2) is 31.7 Å². The summed E-state index contributed by atoms with van der Waals surface area (Å²) < 4.78 is 25.2. The summed E-state index contributed by atoms with van der Waals surface area (Å²) in [4.78, 5) is 0. The van der Waals surface area contributed by atoms with Crippen LogP contribution in [0.2, 0.25) is 0 Å². The van der Waals surface area contributed by atoms with Gasteiger partial charge in [0, 0.05) is 11.3 Å². The molecule has 0 spiro atoms. The number of rotatable bonds is 4. The van der Waals surface area contributed by atoms with Gasteiger partial charge < -0.3 is 0 Å². The minimum Gasteiger partial charge on any atom is -0.211 e. The van der Waals surface area contributed by atoms with Crippen LogP contribution in [0.5, 0.6) is 0 Å². The summed E-state index contributed by atoms with van der Waals surface area (Å²) in [6, 6.07) is 1.70. The highest BCUT2D eigenvalue weighted by Crippen LogP contribution is 2.27. The van der Waals surface area contributed by atoms with E-state index in [1.807, 2.05) is 11.8 Å². The lowest BCUT2D eigenvalue weighted by atomic mass is 9.96. The molecule has 0 aromatic rings. The summed E-state index contributed by atoms with van der Waals surface area (Å²) in [6.45, 7) is 0. The topological polar surface area (TPSA) is 70.0 Å². The fourth-order valence-corrected chi connectivity index (χ4v) is 3.54. The molecule has 1 aliphatic carbocycles. The van der Waals surface area contributed by atoms with Crippen LogP contribution in [0.1, 0.15) is 25.7 Å². The third-order valence-electron chi connectivity index (χ3n) is 2.61. The lowest BCUT2D eigenvalue weighted by Crippen LogP contribution is -2.39. The Bertz CT molecular complexity index is 327. The Morgan fingerprint density at radius 1 is 1.40 bits per heavy atom. The summed E-state index contributed by atoms with van der Waals surface area (Å²) in [7, 11) is -3.37. The molecule has 0 atom stereocenters. The van der Waals surface area contributed by atoms with E-state index in [-0.39, 0.29) is 6.04 Å². The quantitative estimate of drug-likeness (QED) is 0.809.